The molecule has 20 heavy (non-hydrogen) atoms. The highest BCUT2D eigenvalue weighted by molar-refractivity contribution is 5.36. The van der Waals surface area contributed by atoms with Gasteiger partial charge in [-0.3, -0.25) is 4.79 Å². The first-order valence-corrected chi connectivity index (χ1v) is 6.74. The maximum Gasteiger partial charge on any atom is 0.254 e. The molecule has 1 saturated carbocycles. The standard InChI is InChI=1S/C15H16N2O3/c18-8-7-10-3-1-2-4-12(10)20-14-9-13(19)16-15(17-14)11-5-6-11/h1-4,9,11,18H,5-8H2,(H,16,17,19). The fraction of sp³-hybridized carbons (Fsp3) is 0.333. The summed E-state index contributed by atoms with van der Waals surface area (Å²) in [5.74, 6) is 1.99. The van der Waals surface area contributed by atoms with E-state index in [9.17, 15) is 4.79 Å². The van der Waals surface area contributed by atoms with Gasteiger partial charge in [0, 0.05) is 12.5 Å². The number of aliphatic hydroxyl groups is 1. The molecule has 0 unspecified atom stereocenters. The van der Waals surface area contributed by atoms with Crippen LogP contribution in [0.2, 0.25) is 0 Å². The maximum atomic E-state index is 11.6. The van der Waals surface area contributed by atoms with Crippen molar-refractivity contribution in [3.8, 4) is 11.6 Å². The summed E-state index contributed by atoms with van der Waals surface area (Å²) in [6.07, 6.45) is 2.63. The lowest BCUT2D eigenvalue weighted by atomic mass is 10.1. The molecule has 1 aliphatic carbocycles. The Morgan fingerprint density at radius 1 is 1.35 bits per heavy atom. The third-order valence-corrected chi connectivity index (χ3v) is 3.27. The Labute approximate surface area is 116 Å². The molecule has 1 fully saturated rings. The molecule has 0 amide bonds. The minimum absolute atomic E-state index is 0.0521. The highest BCUT2D eigenvalue weighted by atomic mass is 16.5. The van der Waals surface area contributed by atoms with Crippen LogP contribution in [0.1, 0.15) is 30.1 Å². The number of aromatic nitrogens is 2. The summed E-state index contributed by atoms with van der Waals surface area (Å²) >= 11 is 0. The number of aromatic amines is 1. The van der Waals surface area contributed by atoms with Gasteiger partial charge in [-0.05, 0) is 30.9 Å². The lowest BCUT2D eigenvalue weighted by Crippen LogP contribution is -2.10. The molecular weight excluding hydrogens is 256 g/mol. The molecule has 5 heteroatoms. The number of H-pyrrole nitrogens is 1. The zero-order valence-corrected chi connectivity index (χ0v) is 11.0. The zero-order chi connectivity index (χ0) is 13.9. The van der Waals surface area contributed by atoms with Crippen molar-refractivity contribution >= 4 is 0 Å². The first-order valence-electron chi connectivity index (χ1n) is 6.74. The van der Waals surface area contributed by atoms with E-state index in [0.29, 0.717) is 29.8 Å². The summed E-state index contributed by atoms with van der Waals surface area (Å²) in [5, 5.41) is 9.05. The number of ether oxygens (including phenoxy) is 1. The number of hydrogen-bond donors (Lipinski definition) is 2. The summed E-state index contributed by atoms with van der Waals surface area (Å²) in [6.45, 7) is 0.0521. The fourth-order valence-electron chi connectivity index (χ4n) is 2.10. The Balaban J connectivity index is 1.89. The van der Waals surface area contributed by atoms with Gasteiger partial charge in [0.1, 0.15) is 11.6 Å². The predicted octanol–water partition coefficient (Wildman–Crippen LogP) is 1.97. The molecule has 3 rings (SSSR count). The van der Waals surface area contributed by atoms with Crippen LogP contribution >= 0.6 is 0 Å². The largest absolute Gasteiger partial charge is 0.438 e. The molecular formula is C15H16N2O3. The van der Waals surface area contributed by atoms with Crippen molar-refractivity contribution in [1.82, 2.24) is 9.97 Å². The summed E-state index contributed by atoms with van der Waals surface area (Å²) in [6, 6.07) is 8.79. The van der Waals surface area contributed by atoms with Crippen molar-refractivity contribution in [2.45, 2.75) is 25.2 Å². The summed E-state index contributed by atoms with van der Waals surface area (Å²) < 4.78 is 5.72. The second kappa shape index (κ2) is 5.46. The van der Waals surface area contributed by atoms with Gasteiger partial charge >= 0.3 is 0 Å². The second-order valence-electron chi connectivity index (χ2n) is 4.93. The van der Waals surface area contributed by atoms with Crippen LogP contribution in [0.15, 0.2) is 35.1 Å². The van der Waals surface area contributed by atoms with E-state index in [-0.39, 0.29) is 12.2 Å². The number of nitrogens with one attached hydrogen (secondary N) is 1. The molecule has 0 radical (unpaired) electrons. The molecule has 1 aromatic carbocycles. The number of hydrogen-bond acceptors (Lipinski definition) is 4. The lowest BCUT2D eigenvalue weighted by molar-refractivity contribution is 0.297. The van der Waals surface area contributed by atoms with Gasteiger partial charge in [0.15, 0.2) is 0 Å². The van der Waals surface area contributed by atoms with E-state index in [1.807, 2.05) is 24.3 Å². The van der Waals surface area contributed by atoms with Crippen LogP contribution in [0, 0.1) is 0 Å². The molecule has 2 aromatic rings. The molecule has 1 aliphatic rings. The Morgan fingerprint density at radius 2 is 2.15 bits per heavy atom. The van der Waals surface area contributed by atoms with Crippen molar-refractivity contribution in [3.05, 3.63) is 52.1 Å². The van der Waals surface area contributed by atoms with Crippen LogP contribution in [0.25, 0.3) is 0 Å². The van der Waals surface area contributed by atoms with Gasteiger partial charge in [0.25, 0.3) is 5.56 Å². The first-order chi connectivity index (χ1) is 9.76. The molecule has 0 atom stereocenters. The molecule has 104 valence electrons. The molecule has 0 aliphatic heterocycles. The number of para-hydroxylation sites is 1. The third-order valence-electron chi connectivity index (χ3n) is 3.27. The van der Waals surface area contributed by atoms with Gasteiger partial charge in [-0.15, -0.1) is 0 Å². The van der Waals surface area contributed by atoms with E-state index in [0.717, 1.165) is 18.4 Å². The molecule has 1 aromatic heterocycles. The summed E-state index contributed by atoms with van der Waals surface area (Å²) in [4.78, 5) is 18.7. The Morgan fingerprint density at radius 3 is 2.90 bits per heavy atom. The third kappa shape index (κ3) is 2.88. The average Bonchev–Trinajstić information content (AvgIpc) is 3.25. The fourth-order valence-corrected chi connectivity index (χ4v) is 2.10. The number of aliphatic hydroxyl groups excluding tert-OH is 1. The topological polar surface area (TPSA) is 75.2 Å². The van der Waals surface area contributed by atoms with Gasteiger partial charge in [0.2, 0.25) is 5.88 Å². The van der Waals surface area contributed by atoms with Crippen LogP contribution in [0.5, 0.6) is 11.6 Å². The van der Waals surface area contributed by atoms with Gasteiger partial charge in [-0.2, -0.15) is 4.98 Å². The van der Waals surface area contributed by atoms with Crippen molar-refractivity contribution in [1.29, 1.82) is 0 Å². The normalized spacial score (nSPS) is 14.2. The number of rotatable bonds is 5. The van der Waals surface area contributed by atoms with E-state index in [2.05, 4.69) is 9.97 Å². The maximum absolute atomic E-state index is 11.6. The van der Waals surface area contributed by atoms with E-state index in [4.69, 9.17) is 9.84 Å². The van der Waals surface area contributed by atoms with E-state index < -0.39 is 0 Å². The first kappa shape index (κ1) is 12.9. The van der Waals surface area contributed by atoms with Gasteiger partial charge in [-0.1, -0.05) is 18.2 Å². The molecule has 0 saturated heterocycles. The minimum atomic E-state index is -0.198. The Bertz CT molecular complexity index is 662. The lowest BCUT2D eigenvalue weighted by Gasteiger charge is -2.10. The SMILES string of the molecule is O=c1cc(Oc2ccccc2CCO)nc(C2CC2)[nH]1. The Hall–Kier alpha value is -2.14. The van der Waals surface area contributed by atoms with Crippen molar-refractivity contribution in [3.63, 3.8) is 0 Å². The number of benzene rings is 1. The van der Waals surface area contributed by atoms with Gasteiger partial charge in [-0.25, -0.2) is 0 Å². The van der Waals surface area contributed by atoms with Crippen LogP contribution in [-0.4, -0.2) is 21.7 Å². The quantitative estimate of drug-likeness (QED) is 0.872. The van der Waals surface area contributed by atoms with Crippen LogP contribution in [-0.2, 0) is 6.42 Å². The van der Waals surface area contributed by atoms with E-state index in [1.165, 1.54) is 6.07 Å². The van der Waals surface area contributed by atoms with Gasteiger partial charge < -0.3 is 14.8 Å². The van der Waals surface area contributed by atoms with Crippen molar-refractivity contribution in [2.24, 2.45) is 0 Å². The van der Waals surface area contributed by atoms with Crippen molar-refractivity contribution in [2.75, 3.05) is 6.61 Å². The monoisotopic (exact) mass is 272 g/mol. The van der Waals surface area contributed by atoms with Crippen LogP contribution in [0.4, 0.5) is 0 Å². The van der Waals surface area contributed by atoms with E-state index >= 15 is 0 Å². The Kier molecular flexibility index (Phi) is 3.52. The molecule has 0 bridgehead atoms. The molecule has 0 spiro atoms. The molecule has 1 heterocycles. The zero-order valence-electron chi connectivity index (χ0n) is 11.0. The van der Waals surface area contributed by atoms with E-state index in [1.54, 1.807) is 0 Å². The predicted molar refractivity (Wildman–Crippen MR) is 74.1 cm³/mol. The smallest absolute Gasteiger partial charge is 0.254 e. The summed E-state index contributed by atoms with van der Waals surface area (Å²) in [5.41, 5.74) is 0.696. The van der Waals surface area contributed by atoms with Crippen LogP contribution in [0.3, 0.4) is 0 Å². The average molecular weight is 272 g/mol. The minimum Gasteiger partial charge on any atom is -0.438 e. The second-order valence-corrected chi connectivity index (χ2v) is 4.93. The molecule has 2 N–H and O–H groups in total. The van der Waals surface area contributed by atoms with Gasteiger partial charge in [0.05, 0.1) is 6.07 Å². The number of nitrogens with zero attached hydrogens (tertiary/aromatic N) is 1. The molecule has 5 nitrogen and oxygen atoms in total. The van der Waals surface area contributed by atoms with Crippen molar-refractivity contribution < 1.29 is 9.84 Å². The van der Waals surface area contributed by atoms with Crippen LogP contribution < -0.4 is 10.3 Å². The highest BCUT2D eigenvalue weighted by Crippen LogP contribution is 2.38. The summed E-state index contributed by atoms with van der Waals surface area (Å²) in [7, 11) is 0. The highest BCUT2D eigenvalue weighted by Gasteiger charge is 2.26.